The van der Waals surface area contributed by atoms with E-state index in [-0.39, 0.29) is 6.04 Å². The highest BCUT2D eigenvalue weighted by Gasteiger charge is 2.16. The van der Waals surface area contributed by atoms with Crippen LogP contribution in [0.25, 0.3) is 10.9 Å². The molecule has 2 aromatic rings. The zero-order valence-corrected chi connectivity index (χ0v) is 12.8. The van der Waals surface area contributed by atoms with Crippen molar-refractivity contribution in [3.05, 3.63) is 24.3 Å². The van der Waals surface area contributed by atoms with E-state index in [1.54, 1.807) is 0 Å². The molecule has 5 nitrogen and oxygen atoms in total. The van der Waals surface area contributed by atoms with E-state index >= 15 is 0 Å². The Balaban J connectivity index is 2.55. The first-order valence-corrected chi connectivity index (χ1v) is 7.31. The number of rotatable bonds is 6. The highest BCUT2D eigenvalue weighted by molar-refractivity contribution is 5.90. The molecule has 0 amide bonds. The van der Waals surface area contributed by atoms with Gasteiger partial charge in [0, 0.05) is 24.5 Å². The van der Waals surface area contributed by atoms with E-state index in [1.807, 2.05) is 31.2 Å². The van der Waals surface area contributed by atoms with Crippen molar-refractivity contribution in [3.63, 3.8) is 0 Å². The maximum atomic E-state index is 8.87. The van der Waals surface area contributed by atoms with Gasteiger partial charge >= 0.3 is 0 Å². The third-order valence-corrected chi connectivity index (χ3v) is 3.28. The van der Waals surface area contributed by atoms with Crippen molar-refractivity contribution < 1.29 is 0 Å². The number of fused-ring (bicyclic) bond motifs is 1. The Kier molecular flexibility index (Phi) is 4.94. The number of nitrogens with zero attached hydrogens (tertiary/aromatic N) is 4. The van der Waals surface area contributed by atoms with Gasteiger partial charge < -0.3 is 10.2 Å². The summed E-state index contributed by atoms with van der Waals surface area (Å²) in [5, 5.41) is 13.1. The average molecular weight is 283 g/mol. The molecule has 1 aromatic carbocycles. The van der Waals surface area contributed by atoms with Crippen molar-refractivity contribution >= 4 is 22.7 Å². The first-order valence-electron chi connectivity index (χ1n) is 7.31. The lowest BCUT2D eigenvalue weighted by atomic mass is 10.2. The molecule has 0 bridgehead atoms. The summed E-state index contributed by atoms with van der Waals surface area (Å²) in [7, 11) is 0. The van der Waals surface area contributed by atoms with E-state index in [2.05, 4.69) is 40.1 Å². The van der Waals surface area contributed by atoms with Crippen LogP contribution in [0.3, 0.4) is 0 Å². The van der Waals surface area contributed by atoms with E-state index in [1.165, 1.54) is 0 Å². The van der Waals surface area contributed by atoms with Crippen LogP contribution in [0.2, 0.25) is 0 Å². The maximum Gasteiger partial charge on any atom is 0.225 e. The Morgan fingerprint density at radius 3 is 2.71 bits per heavy atom. The van der Waals surface area contributed by atoms with Crippen LogP contribution in [-0.2, 0) is 0 Å². The fourth-order valence-electron chi connectivity index (χ4n) is 2.30. The zero-order valence-electron chi connectivity index (χ0n) is 12.8. The van der Waals surface area contributed by atoms with Crippen LogP contribution in [0.1, 0.15) is 27.2 Å². The summed E-state index contributed by atoms with van der Waals surface area (Å²) in [6, 6.07) is 10.5. The highest BCUT2D eigenvalue weighted by Crippen LogP contribution is 2.26. The van der Waals surface area contributed by atoms with E-state index in [4.69, 9.17) is 5.26 Å². The minimum atomic E-state index is 0.270. The summed E-state index contributed by atoms with van der Waals surface area (Å²) in [4.78, 5) is 11.4. The Bertz CT molecular complexity index is 645. The third-order valence-electron chi connectivity index (χ3n) is 3.28. The summed E-state index contributed by atoms with van der Waals surface area (Å²) in [5.74, 6) is 1.52. The Hall–Kier alpha value is -2.35. The molecule has 0 saturated heterocycles. The average Bonchev–Trinajstić information content (AvgIpc) is 2.47. The second-order valence-electron chi connectivity index (χ2n) is 5.11. The SMILES string of the molecule is CCNc1nc(N(CCC#N)C(C)C)c2ccccc2n1. The molecule has 0 radical (unpaired) electrons. The molecule has 1 heterocycles. The van der Waals surface area contributed by atoms with Gasteiger partial charge in [0.15, 0.2) is 0 Å². The quantitative estimate of drug-likeness (QED) is 0.882. The van der Waals surface area contributed by atoms with Gasteiger partial charge in [0.1, 0.15) is 5.82 Å². The van der Waals surface area contributed by atoms with Crippen molar-refractivity contribution in [3.8, 4) is 6.07 Å². The normalized spacial score (nSPS) is 10.6. The molecule has 0 aliphatic rings. The number of anilines is 2. The van der Waals surface area contributed by atoms with Gasteiger partial charge in [0.05, 0.1) is 18.0 Å². The molecule has 0 saturated carbocycles. The Labute approximate surface area is 125 Å². The molecule has 0 unspecified atom stereocenters. The predicted octanol–water partition coefficient (Wildman–Crippen LogP) is 3.19. The van der Waals surface area contributed by atoms with Gasteiger partial charge in [-0.25, -0.2) is 4.98 Å². The van der Waals surface area contributed by atoms with Crippen molar-refractivity contribution in [2.24, 2.45) is 0 Å². The van der Waals surface area contributed by atoms with Crippen molar-refractivity contribution in [2.75, 3.05) is 23.3 Å². The van der Waals surface area contributed by atoms with Crippen molar-refractivity contribution in [1.82, 2.24) is 9.97 Å². The second-order valence-corrected chi connectivity index (χ2v) is 5.11. The number of hydrogen-bond acceptors (Lipinski definition) is 5. The number of benzene rings is 1. The minimum absolute atomic E-state index is 0.270. The van der Waals surface area contributed by atoms with Crippen LogP contribution < -0.4 is 10.2 Å². The van der Waals surface area contributed by atoms with Crippen LogP contribution >= 0.6 is 0 Å². The van der Waals surface area contributed by atoms with E-state index in [0.29, 0.717) is 18.9 Å². The summed E-state index contributed by atoms with van der Waals surface area (Å²) < 4.78 is 0. The predicted molar refractivity (Wildman–Crippen MR) is 86.4 cm³/mol. The molecule has 21 heavy (non-hydrogen) atoms. The fourth-order valence-corrected chi connectivity index (χ4v) is 2.30. The van der Waals surface area contributed by atoms with Crippen LogP contribution in [0, 0.1) is 11.3 Å². The van der Waals surface area contributed by atoms with Gasteiger partial charge in [0.25, 0.3) is 0 Å². The number of nitrogens with one attached hydrogen (secondary N) is 1. The minimum Gasteiger partial charge on any atom is -0.354 e. The molecule has 110 valence electrons. The van der Waals surface area contributed by atoms with Crippen LogP contribution in [-0.4, -0.2) is 29.1 Å². The lowest BCUT2D eigenvalue weighted by Gasteiger charge is -2.28. The fraction of sp³-hybridized carbons (Fsp3) is 0.438. The first kappa shape index (κ1) is 15.0. The molecule has 0 fully saturated rings. The molecule has 0 spiro atoms. The van der Waals surface area contributed by atoms with Crippen LogP contribution in [0.4, 0.5) is 11.8 Å². The van der Waals surface area contributed by atoms with Crippen LogP contribution in [0.15, 0.2) is 24.3 Å². The summed E-state index contributed by atoms with van der Waals surface area (Å²) in [5.41, 5.74) is 0.918. The third kappa shape index (κ3) is 3.40. The number of aromatic nitrogens is 2. The van der Waals surface area contributed by atoms with Crippen molar-refractivity contribution in [1.29, 1.82) is 5.26 Å². The lowest BCUT2D eigenvalue weighted by Crippen LogP contribution is -2.32. The zero-order chi connectivity index (χ0) is 15.2. The molecule has 0 atom stereocenters. The first-order chi connectivity index (χ1) is 10.2. The number of para-hydroxylation sites is 1. The topological polar surface area (TPSA) is 64.8 Å². The Morgan fingerprint density at radius 2 is 2.05 bits per heavy atom. The van der Waals surface area contributed by atoms with Gasteiger partial charge in [-0.1, -0.05) is 12.1 Å². The van der Waals surface area contributed by atoms with Gasteiger partial charge in [0.2, 0.25) is 5.95 Å². The second kappa shape index (κ2) is 6.89. The summed E-state index contributed by atoms with van der Waals surface area (Å²) >= 11 is 0. The number of hydrogen-bond donors (Lipinski definition) is 1. The highest BCUT2D eigenvalue weighted by atomic mass is 15.2. The number of nitriles is 1. The van der Waals surface area contributed by atoms with Crippen LogP contribution in [0.5, 0.6) is 0 Å². The Morgan fingerprint density at radius 1 is 1.29 bits per heavy atom. The smallest absolute Gasteiger partial charge is 0.225 e. The van der Waals surface area contributed by atoms with Gasteiger partial charge in [-0.2, -0.15) is 10.2 Å². The monoisotopic (exact) mass is 283 g/mol. The van der Waals surface area contributed by atoms with E-state index in [9.17, 15) is 0 Å². The van der Waals surface area contributed by atoms with E-state index in [0.717, 1.165) is 23.3 Å². The molecular weight excluding hydrogens is 262 g/mol. The molecule has 2 rings (SSSR count). The summed E-state index contributed by atoms with van der Waals surface area (Å²) in [6.07, 6.45) is 0.479. The van der Waals surface area contributed by atoms with Gasteiger partial charge in [-0.3, -0.25) is 0 Å². The molecule has 0 aliphatic carbocycles. The maximum absolute atomic E-state index is 8.87. The van der Waals surface area contributed by atoms with Gasteiger partial charge in [-0.05, 0) is 32.9 Å². The molecule has 0 aliphatic heterocycles. The molecule has 1 aromatic heterocycles. The standard InChI is InChI=1S/C16H21N5/c1-4-18-16-19-14-9-6-5-8-13(14)15(20-16)21(12(2)3)11-7-10-17/h5-6,8-9,12H,4,7,11H2,1-3H3,(H,18,19,20). The van der Waals surface area contributed by atoms with Gasteiger partial charge in [-0.15, -0.1) is 0 Å². The largest absolute Gasteiger partial charge is 0.354 e. The van der Waals surface area contributed by atoms with E-state index < -0.39 is 0 Å². The molecule has 1 N–H and O–H groups in total. The molecular formula is C16H21N5. The lowest BCUT2D eigenvalue weighted by molar-refractivity contribution is 0.679. The van der Waals surface area contributed by atoms with Crippen molar-refractivity contribution in [2.45, 2.75) is 33.2 Å². The summed E-state index contributed by atoms with van der Waals surface area (Å²) in [6.45, 7) is 7.69. The molecule has 5 heteroatoms.